The van der Waals surface area contributed by atoms with E-state index in [1.54, 1.807) is 42.3 Å². The van der Waals surface area contributed by atoms with Crippen LogP contribution in [0.15, 0.2) is 65.7 Å². The number of primary amides is 1. The number of carboxylic acids is 1. The minimum absolute atomic E-state index is 0.0576. The van der Waals surface area contributed by atoms with Crippen LogP contribution in [-0.2, 0) is 23.3 Å². The first kappa shape index (κ1) is 31.7. The Morgan fingerprint density at radius 3 is 2.30 bits per heavy atom. The molecule has 1 aliphatic rings. The first-order chi connectivity index (χ1) is 20.3. The molecule has 228 valence electrons. The average Bonchev–Trinajstić information content (AvgIpc) is 3.30. The molecule has 43 heavy (non-hydrogen) atoms. The number of anilines is 1. The average molecular weight is 606 g/mol. The number of nitrogens with zero attached hydrogens (tertiary/aromatic N) is 4. The van der Waals surface area contributed by atoms with Gasteiger partial charge in [0, 0.05) is 57.1 Å². The van der Waals surface area contributed by atoms with Gasteiger partial charge < -0.3 is 29.9 Å². The maximum absolute atomic E-state index is 11.4. The van der Waals surface area contributed by atoms with E-state index in [4.69, 9.17) is 10.5 Å². The normalized spacial score (nSPS) is 14.6. The molecule has 3 N–H and O–H groups in total. The fourth-order valence-corrected chi connectivity index (χ4v) is 5.63. The number of hydrogen-bond acceptors (Lipinski definition) is 7. The van der Waals surface area contributed by atoms with Crippen molar-refractivity contribution in [3.05, 3.63) is 77.6 Å². The van der Waals surface area contributed by atoms with Crippen LogP contribution in [0, 0.1) is 0 Å². The van der Waals surface area contributed by atoms with E-state index >= 15 is 0 Å². The Bertz CT molecular complexity index is 1670. The molecule has 1 amide bonds. The van der Waals surface area contributed by atoms with Gasteiger partial charge in [-0.3, -0.25) is 9.00 Å². The van der Waals surface area contributed by atoms with E-state index in [1.165, 1.54) is 0 Å². The zero-order valence-electron chi connectivity index (χ0n) is 25.5. The third-order valence-electron chi connectivity index (χ3n) is 7.43. The molecule has 1 unspecified atom stereocenters. The van der Waals surface area contributed by atoms with Crippen LogP contribution in [0.3, 0.4) is 0 Å². The molecule has 2 aromatic carbocycles. The number of amides is 1. The van der Waals surface area contributed by atoms with Crippen molar-refractivity contribution >= 4 is 39.4 Å². The number of rotatable bonds is 6. The number of aromatic carboxylic acids is 1. The summed E-state index contributed by atoms with van der Waals surface area (Å²) in [4.78, 5) is 32.2. The number of fused-ring (bicyclic) bond motifs is 1. The molecule has 1 fully saturated rings. The van der Waals surface area contributed by atoms with Gasteiger partial charge in [0.2, 0.25) is 5.91 Å². The van der Waals surface area contributed by atoms with Crippen LogP contribution >= 0.6 is 0 Å². The number of piperazine rings is 1. The third-order valence-corrected chi connectivity index (χ3v) is 8.41. The molecule has 1 saturated heterocycles. The lowest BCUT2D eigenvalue weighted by atomic mass is 9.86. The number of aryl methyl sites for hydroxylation is 1. The third kappa shape index (κ3) is 7.41. The topological polar surface area (TPSA) is 131 Å². The Balaban J connectivity index is 0.000000227. The van der Waals surface area contributed by atoms with Crippen molar-refractivity contribution in [2.75, 3.05) is 44.4 Å². The fraction of sp³-hybridized carbons (Fsp3) is 0.344. The summed E-state index contributed by atoms with van der Waals surface area (Å²) in [5.74, 6) is 0.714. The van der Waals surface area contributed by atoms with Crippen LogP contribution in [0.4, 0.5) is 5.82 Å². The molecule has 4 aromatic rings. The second-order valence-corrected chi connectivity index (χ2v) is 13.0. The van der Waals surface area contributed by atoms with Gasteiger partial charge in [-0.2, -0.15) is 0 Å². The van der Waals surface area contributed by atoms with Crippen molar-refractivity contribution in [3.8, 4) is 11.5 Å². The quantitative estimate of drug-likeness (QED) is 0.325. The van der Waals surface area contributed by atoms with Crippen LogP contribution in [0.1, 0.15) is 47.2 Å². The van der Waals surface area contributed by atoms with E-state index < -0.39 is 22.7 Å². The summed E-state index contributed by atoms with van der Waals surface area (Å²) in [6, 6.07) is 16.4. The second-order valence-electron chi connectivity index (χ2n) is 11.6. The predicted octanol–water partition coefficient (Wildman–Crippen LogP) is 4.64. The highest BCUT2D eigenvalue weighted by Crippen LogP contribution is 2.33. The molecule has 5 rings (SSSR count). The van der Waals surface area contributed by atoms with Crippen LogP contribution in [0.2, 0.25) is 0 Å². The number of ether oxygens (including phenoxy) is 1. The van der Waals surface area contributed by atoms with Gasteiger partial charge in [0.15, 0.2) is 5.75 Å². The molecule has 0 aliphatic carbocycles. The van der Waals surface area contributed by atoms with Gasteiger partial charge in [0.05, 0.1) is 26.8 Å². The van der Waals surface area contributed by atoms with E-state index in [-0.39, 0.29) is 11.1 Å². The lowest BCUT2D eigenvalue weighted by molar-refractivity contribution is 0.0686. The highest BCUT2D eigenvalue weighted by atomic mass is 32.2. The summed E-state index contributed by atoms with van der Waals surface area (Å²) < 4.78 is 19.2. The number of para-hydroxylation sites is 1. The molecule has 0 spiro atoms. The Labute approximate surface area is 254 Å². The molecule has 0 bridgehead atoms. The summed E-state index contributed by atoms with van der Waals surface area (Å²) in [5, 5.41) is 10.2. The second kappa shape index (κ2) is 13.0. The minimum Gasteiger partial charge on any atom is -0.477 e. The number of carbonyl (C=O) groups excluding carboxylic acids is 1. The van der Waals surface area contributed by atoms with Gasteiger partial charge in [-0.05, 0) is 48.4 Å². The molecule has 2 aromatic heterocycles. The van der Waals surface area contributed by atoms with E-state index in [0.29, 0.717) is 22.0 Å². The Kier molecular flexibility index (Phi) is 9.56. The summed E-state index contributed by atoms with van der Waals surface area (Å²) in [5.41, 5.74) is 7.59. The number of carbonyl (C=O) groups is 2. The van der Waals surface area contributed by atoms with E-state index in [1.807, 2.05) is 36.4 Å². The number of benzene rings is 2. The summed E-state index contributed by atoms with van der Waals surface area (Å²) in [6.45, 7) is 10.0. The number of hydrogen-bond donors (Lipinski definition) is 2. The van der Waals surface area contributed by atoms with Gasteiger partial charge >= 0.3 is 5.97 Å². The molecule has 3 heterocycles. The van der Waals surface area contributed by atoms with Crippen molar-refractivity contribution in [3.63, 3.8) is 0 Å². The number of aromatic nitrogens is 2. The molecule has 11 heteroatoms. The maximum atomic E-state index is 11.4. The highest BCUT2D eigenvalue weighted by Gasteiger charge is 2.20. The van der Waals surface area contributed by atoms with Crippen molar-refractivity contribution in [1.29, 1.82) is 0 Å². The zero-order chi connectivity index (χ0) is 31.5. The standard InChI is InChI=1S/C20H22N4O3.C12H17NO2S/c1-22-8-10-24(11-9-22)18-13-15(6-7-21-18)27-17-5-3-4-14-12-16(20(25)26)23(2)19(14)17;1-12(2,3)8-5-6-10(16(4)15)9(7-8)11(13)14/h3-7,12-13H,8-11H2,1-2H3,(H,25,26);5-7H,1-4H3,(H2,13,14). The number of nitrogens with two attached hydrogens (primary N) is 1. The maximum Gasteiger partial charge on any atom is 0.352 e. The Morgan fingerprint density at radius 1 is 1.00 bits per heavy atom. The van der Waals surface area contributed by atoms with Gasteiger partial charge in [0.25, 0.3) is 0 Å². The van der Waals surface area contributed by atoms with Gasteiger partial charge in [0.1, 0.15) is 17.3 Å². The molecule has 10 nitrogen and oxygen atoms in total. The monoisotopic (exact) mass is 605 g/mol. The van der Waals surface area contributed by atoms with Gasteiger partial charge in [-0.1, -0.05) is 39.0 Å². The molecular formula is C32H39N5O5S. The highest BCUT2D eigenvalue weighted by molar-refractivity contribution is 7.84. The smallest absolute Gasteiger partial charge is 0.352 e. The van der Waals surface area contributed by atoms with Crippen molar-refractivity contribution in [1.82, 2.24) is 14.5 Å². The molecule has 0 radical (unpaired) electrons. The molecule has 1 atom stereocenters. The van der Waals surface area contributed by atoms with Crippen molar-refractivity contribution in [2.24, 2.45) is 12.8 Å². The first-order valence-corrected chi connectivity index (χ1v) is 15.5. The lowest BCUT2D eigenvalue weighted by Crippen LogP contribution is -2.44. The van der Waals surface area contributed by atoms with E-state index in [0.717, 1.165) is 48.5 Å². The number of carboxylic acid groups (broad SMARTS) is 1. The number of pyridine rings is 1. The van der Waals surface area contributed by atoms with E-state index in [2.05, 4.69) is 42.6 Å². The summed E-state index contributed by atoms with van der Waals surface area (Å²) in [6.07, 6.45) is 3.29. The fourth-order valence-electron chi connectivity index (χ4n) is 4.91. The largest absolute Gasteiger partial charge is 0.477 e. The van der Waals surface area contributed by atoms with E-state index in [9.17, 15) is 18.9 Å². The Morgan fingerprint density at radius 2 is 1.70 bits per heavy atom. The summed E-state index contributed by atoms with van der Waals surface area (Å²) >= 11 is 0. The molecule has 0 saturated carbocycles. The van der Waals surface area contributed by atoms with Gasteiger partial charge in [-0.25, -0.2) is 9.78 Å². The number of likely N-dealkylation sites (N-methyl/N-ethyl adjacent to an activating group) is 1. The molecular weight excluding hydrogens is 566 g/mol. The summed E-state index contributed by atoms with van der Waals surface area (Å²) in [7, 11) is 2.66. The Hall–Kier alpha value is -4.22. The van der Waals surface area contributed by atoms with Crippen molar-refractivity contribution < 1.29 is 23.6 Å². The van der Waals surface area contributed by atoms with Crippen molar-refractivity contribution in [2.45, 2.75) is 31.1 Å². The van der Waals surface area contributed by atoms with Crippen LogP contribution < -0.4 is 15.4 Å². The van der Waals surface area contributed by atoms with Crippen LogP contribution in [0.5, 0.6) is 11.5 Å². The first-order valence-electron chi connectivity index (χ1n) is 13.9. The zero-order valence-corrected chi connectivity index (χ0v) is 26.3. The SMILES string of the molecule is CN1CCN(c2cc(Oc3cccc4cc(C(=O)O)n(C)c34)ccn2)CC1.CS(=O)c1ccc(C(C)(C)C)cc1C(N)=O. The van der Waals surface area contributed by atoms with Crippen LogP contribution in [0.25, 0.3) is 10.9 Å². The van der Waals surface area contributed by atoms with Crippen LogP contribution in [-0.4, -0.2) is 75.1 Å². The van der Waals surface area contributed by atoms with Gasteiger partial charge in [-0.15, -0.1) is 0 Å². The predicted molar refractivity (Wildman–Crippen MR) is 170 cm³/mol. The molecule has 1 aliphatic heterocycles. The lowest BCUT2D eigenvalue weighted by Gasteiger charge is -2.33. The minimum atomic E-state index is -1.20.